The van der Waals surface area contributed by atoms with Gasteiger partial charge < -0.3 is 16.8 Å². The number of fused-ring (bicyclic) bond motifs is 1. The third-order valence-corrected chi connectivity index (χ3v) is 4.30. The number of halogens is 5. The predicted octanol–water partition coefficient (Wildman–Crippen LogP) is 2.87. The Morgan fingerprint density at radius 2 is 1.93 bits per heavy atom. The second-order valence-corrected chi connectivity index (χ2v) is 6.17. The number of anilines is 3. The van der Waals surface area contributed by atoms with Gasteiger partial charge in [-0.3, -0.25) is 5.32 Å². The highest BCUT2D eigenvalue weighted by Crippen LogP contribution is 2.43. The van der Waals surface area contributed by atoms with Crippen LogP contribution in [0.4, 0.5) is 34.9 Å². The normalized spacial score (nSPS) is 15.4. The first-order chi connectivity index (χ1) is 13.6. The number of aromatic nitrogens is 1. The molecule has 0 saturated carbocycles. The molecule has 0 spiro atoms. The first-order valence-corrected chi connectivity index (χ1v) is 8.01. The number of guanidine groups is 1. The molecule has 1 aliphatic heterocycles. The number of pyridine rings is 1. The van der Waals surface area contributed by atoms with Crippen molar-refractivity contribution in [3.8, 4) is 12.3 Å². The van der Waals surface area contributed by atoms with Crippen LogP contribution >= 0.6 is 11.6 Å². The van der Waals surface area contributed by atoms with Crippen molar-refractivity contribution in [1.29, 1.82) is 10.5 Å². The summed E-state index contributed by atoms with van der Waals surface area (Å²) in [6.45, 7) is 0. The van der Waals surface area contributed by atoms with E-state index in [1.54, 1.807) is 12.3 Å². The maximum atomic E-state index is 13.9. The largest absolute Gasteiger partial charge is 0.419 e. The molecule has 1 aromatic heterocycles. The van der Waals surface area contributed by atoms with Crippen molar-refractivity contribution >= 4 is 34.9 Å². The number of hydrogen-bond acceptors (Lipinski definition) is 8. The number of nitriles is 2. The molecular weight excluding hydrogens is 416 g/mol. The lowest BCUT2D eigenvalue weighted by Crippen LogP contribution is -2.33. The van der Waals surface area contributed by atoms with Crippen LogP contribution in [-0.2, 0) is 6.18 Å². The lowest BCUT2D eigenvalue weighted by atomic mass is 9.94. The van der Waals surface area contributed by atoms with Crippen LogP contribution in [0.5, 0.6) is 0 Å². The van der Waals surface area contributed by atoms with Crippen LogP contribution in [0.15, 0.2) is 17.1 Å². The lowest BCUT2D eigenvalue weighted by molar-refractivity contribution is -0.140. The monoisotopic (exact) mass is 424 g/mol. The van der Waals surface area contributed by atoms with Gasteiger partial charge in [-0.15, -0.1) is 0 Å². The van der Waals surface area contributed by atoms with Crippen LogP contribution in [0.25, 0.3) is 0 Å². The summed E-state index contributed by atoms with van der Waals surface area (Å²) in [7, 11) is 0. The molecule has 148 valence electrons. The summed E-state index contributed by atoms with van der Waals surface area (Å²) in [6, 6.07) is 1.93. The molecule has 13 heteroatoms. The van der Waals surface area contributed by atoms with Gasteiger partial charge in [-0.1, -0.05) is 11.6 Å². The van der Waals surface area contributed by atoms with E-state index in [-0.39, 0.29) is 40.0 Å². The van der Waals surface area contributed by atoms with E-state index < -0.39 is 28.6 Å². The van der Waals surface area contributed by atoms with E-state index >= 15 is 0 Å². The van der Waals surface area contributed by atoms with E-state index in [2.05, 4.69) is 20.6 Å². The summed E-state index contributed by atoms with van der Waals surface area (Å²) < 4.78 is 53.6. The molecular formula is C16H9ClF4N8. The number of benzene rings is 1. The zero-order valence-electron chi connectivity index (χ0n) is 14.1. The average molecular weight is 425 g/mol. The molecule has 1 unspecified atom stereocenters. The minimum atomic E-state index is -5.03. The molecule has 29 heavy (non-hydrogen) atoms. The molecule has 1 atom stereocenters. The third-order valence-electron chi connectivity index (χ3n) is 4.03. The summed E-state index contributed by atoms with van der Waals surface area (Å²) >= 11 is 5.67. The maximum Gasteiger partial charge on any atom is 0.419 e. The molecule has 0 aliphatic carbocycles. The molecule has 8 nitrogen and oxygen atoms in total. The van der Waals surface area contributed by atoms with Gasteiger partial charge in [-0.2, -0.15) is 23.7 Å². The highest BCUT2D eigenvalue weighted by atomic mass is 35.5. The Hall–Kier alpha value is -3.77. The highest BCUT2D eigenvalue weighted by Gasteiger charge is 2.37. The van der Waals surface area contributed by atoms with Crippen LogP contribution in [0.1, 0.15) is 28.3 Å². The van der Waals surface area contributed by atoms with Crippen molar-refractivity contribution in [3.05, 3.63) is 45.2 Å². The zero-order valence-corrected chi connectivity index (χ0v) is 14.8. The molecule has 0 fully saturated rings. The molecule has 3 rings (SSSR count). The quantitative estimate of drug-likeness (QED) is 0.312. The third kappa shape index (κ3) is 3.41. The van der Waals surface area contributed by atoms with E-state index in [0.717, 1.165) is 6.07 Å². The molecule has 0 radical (unpaired) electrons. The molecule has 2 heterocycles. The van der Waals surface area contributed by atoms with Crippen molar-refractivity contribution < 1.29 is 17.6 Å². The van der Waals surface area contributed by atoms with E-state index in [1.165, 1.54) is 0 Å². The molecule has 1 aromatic carbocycles. The van der Waals surface area contributed by atoms with Crippen LogP contribution in [-0.4, -0.2) is 10.9 Å². The van der Waals surface area contributed by atoms with E-state index in [4.69, 9.17) is 28.3 Å². The summed E-state index contributed by atoms with van der Waals surface area (Å²) in [5, 5.41) is 22.1. The summed E-state index contributed by atoms with van der Waals surface area (Å²) in [5.74, 6) is -2.08. The number of aliphatic imine (C=N–C) groups is 1. The number of nitrogen functional groups attached to an aromatic ring is 2. The molecule has 0 bridgehead atoms. The minimum absolute atomic E-state index is 0.0232. The lowest BCUT2D eigenvalue weighted by Gasteiger charge is -2.26. The topological polar surface area (TPSA) is 149 Å². The standard InChI is InChI=1S/C16H9ClF4N8/c17-8-2-5(1-7(10(8)18)16(19,20)21)12-9-11(24)6(3-22)13(25)28-14(9)29-15(27-12)26-4-23/h1-2,12H,(H6,24,25,26,27,28,29). The predicted molar refractivity (Wildman–Crippen MR) is 95.8 cm³/mol. The van der Waals surface area contributed by atoms with Crippen LogP contribution in [0, 0.1) is 28.6 Å². The van der Waals surface area contributed by atoms with Gasteiger partial charge in [0.1, 0.15) is 29.3 Å². The zero-order chi connectivity index (χ0) is 21.5. The van der Waals surface area contributed by atoms with Gasteiger partial charge in [0.2, 0.25) is 5.96 Å². The fourth-order valence-electron chi connectivity index (χ4n) is 2.80. The Bertz CT molecular complexity index is 1130. The number of nitrogens with zero attached hydrogens (tertiary/aromatic N) is 4. The number of rotatable bonds is 1. The summed E-state index contributed by atoms with van der Waals surface area (Å²) in [5.41, 5.74) is 9.52. The van der Waals surface area contributed by atoms with Crippen molar-refractivity contribution in [3.63, 3.8) is 0 Å². The van der Waals surface area contributed by atoms with Crippen LogP contribution in [0.3, 0.4) is 0 Å². The van der Waals surface area contributed by atoms with Crippen molar-refractivity contribution in [2.75, 3.05) is 16.8 Å². The average Bonchev–Trinajstić information content (AvgIpc) is 2.62. The molecule has 1 aliphatic rings. The molecule has 0 amide bonds. The Kier molecular flexibility index (Phi) is 4.82. The van der Waals surface area contributed by atoms with Gasteiger partial charge in [-0.05, 0) is 17.7 Å². The van der Waals surface area contributed by atoms with Crippen LogP contribution < -0.4 is 22.1 Å². The van der Waals surface area contributed by atoms with Gasteiger partial charge in [0.15, 0.2) is 12.0 Å². The Morgan fingerprint density at radius 3 is 2.52 bits per heavy atom. The van der Waals surface area contributed by atoms with Crippen LogP contribution in [0.2, 0.25) is 5.02 Å². The Labute approximate surface area is 165 Å². The Morgan fingerprint density at radius 1 is 1.24 bits per heavy atom. The molecule has 0 saturated heterocycles. The SMILES string of the molecule is N#CNC1=NC(c2cc(Cl)c(F)c(C(F)(F)F)c2)c2c(nc(N)c(C#N)c2N)N1. The molecule has 6 N–H and O–H groups in total. The van der Waals surface area contributed by atoms with E-state index in [1.807, 2.05) is 0 Å². The highest BCUT2D eigenvalue weighted by molar-refractivity contribution is 6.30. The fourth-order valence-corrected chi connectivity index (χ4v) is 3.02. The number of nitrogens with one attached hydrogen (secondary N) is 2. The second-order valence-electron chi connectivity index (χ2n) is 5.76. The summed E-state index contributed by atoms with van der Waals surface area (Å²) in [4.78, 5) is 8.07. The van der Waals surface area contributed by atoms with Crippen molar-refractivity contribution in [2.45, 2.75) is 12.2 Å². The minimum Gasteiger partial charge on any atom is -0.397 e. The number of hydrogen-bond donors (Lipinski definition) is 4. The first kappa shape index (κ1) is 20.0. The maximum absolute atomic E-state index is 13.9. The van der Waals surface area contributed by atoms with Crippen molar-refractivity contribution in [1.82, 2.24) is 10.3 Å². The van der Waals surface area contributed by atoms with Gasteiger partial charge >= 0.3 is 6.18 Å². The Balaban J connectivity index is 2.32. The molecule has 2 aromatic rings. The van der Waals surface area contributed by atoms with Gasteiger partial charge in [0.05, 0.1) is 16.3 Å². The van der Waals surface area contributed by atoms with E-state index in [0.29, 0.717) is 6.07 Å². The summed E-state index contributed by atoms with van der Waals surface area (Å²) in [6.07, 6.45) is -3.43. The van der Waals surface area contributed by atoms with Gasteiger partial charge in [0.25, 0.3) is 0 Å². The fraction of sp³-hybridized carbons (Fsp3) is 0.125. The first-order valence-electron chi connectivity index (χ1n) is 7.63. The number of nitrogens with two attached hydrogens (primary N) is 2. The van der Waals surface area contributed by atoms with Gasteiger partial charge in [0, 0.05) is 5.56 Å². The van der Waals surface area contributed by atoms with Crippen molar-refractivity contribution in [2.24, 2.45) is 4.99 Å². The van der Waals surface area contributed by atoms with Gasteiger partial charge in [-0.25, -0.2) is 14.4 Å². The number of alkyl halides is 3. The van der Waals surface area contributed by atoms with E-state index in [9.17, 15) is 22.8 Å². The smallest absolute Gasteiger partial charge is 0.397 e. The second kappa shape index (κ2) is 7.00.